The van der Waals surface area contributed by atoms with E-state index in [1.807, 2.05) is 0 Å². The number of hydrogen-bond donors (Lipinski definition) is 2. The van der Waals surface area contributed by atoms with Crippen LogP contribution in [0.2, 0.25) is 5.02 Å². The molecule has 0 saturated heterocycles. The van der Waals surface area contributed by atoms with Crippen molar-refractivity contribution in [2.24, 2.45) is 5.92 Å². The Kier molecular flexibility index (Phi) is 9.33. The monoisotopic (exact) mass is 489 g/mol. The lowest BCUT2D eigenvalue weighted by Gasteiger charge is -2.25. The molecule has 0 spiro atoms. The van der Waals surface area contributed by atoms with Crippen LogP contribution >= 0.6 is 11.6 Å². The second-order valence-corrected chi connectivity index (χ2v) is 9.26. The fourth-order valence-corrected chi connectivity index (χ4v) is 4.00. The normalized spacial score (nSPS) is 18.2. The van der Waals surface area contributed by atoms with E-state index in [1.165, 1.54) is 4.68 Å². The molecular weight excluding hydrogens is 458 g/mol. The largest absolute Gasteiger partial charge is 0.491 e. The molecule has 2 aromatic rings. The molecule has 1 aliphatic rings. The molecule has 1 aliphatic heterocycles. The van der Waals surface area contributed by atoms with Gasteiger partial charge in [0.25, 0.3) is 5.91 Å². The van der Waals surface area contributed by atoms with E-state index in [-0.39, 0.29) is 43.5 Å². The van der Waals surface area contributed by atoms with Crippen molar-refractivity contribution in [3.63, 3.8) is 0 Å². The Hall–Kier alpha value is -3.07. The predicted molar refractivity (Wildman–Crippen MR) is 129 cm³/mol. The molecule has 10 heteroatoms. The first-order chi connectivity index (χ1) is 16.3. The third-order valence-corrected chi connectivity index (χ3v) is 5.67. The quantitative estimate of drug-likeness (QED) is 0.686. The van der Waals surface area contributed by atoms with Crippen LogP contribution in [0.25, 0.3) is 0 Å². The number of nitrogens with one attached hydrogen (secondary N) is 2. The summed E-state index contributed by atoms with van der Waals surface area (Å²) in [5, 5.41) is 10.4. The van der Waals surface area contributed by atoms with Crippen LogP contribution in [0.1, 0.15) is 43.5 Å². The zero-order chi connectivity index (χ0) is 24.5. The van der Waals surface area contributed by atoms with Crippen LogP contribution in [0.5, 0.6) is 5.75 Å². The van der Waals surface area contributed by atoms with Crippen molar-refractivity contribution in [3.8, 4) is 5.75 Å². The van der Waals surface area contributed by atoms with E-state index in [0.717, 1.165) is 0 Å². The molecule has 3 amide bonds. The standard InChI is InChI=1S/C24H32ClN5O4/c1-17(2)12-19-16-34-21-7-6-18(25)13-20(21)24(33)26-8-3-4-10-29(14-22(31)28-19)23(32)15-30-11-5-9-27-30/h5-7,9,11,13,17,19H,3-4,8,10,12,14-16H2,1-2H3,(H,26,33)(H,28,31)/t19-/m1/s1. The van der Waals surface area contributed by atoms with Crippen LogP contribution in [0.3, 0.4) is 0 Å². The molecule has 0 bridgehead atoms. The lowest BCUT2D eigenvalue weighted by atomic mass is 10.0. The summed E-state index contributed by atoms with van der Waals surface area (Å²) in [4.78, 5) is 40.1. The third kappa shape index (κ3) is 7.76. The van der Waals surface area contributed by atoms with Crippen molar-refractivity contribution in [3.05, 3.63) is 47.2 Å². The molecule has 34 heavy (non-hydrogen) atoms. The maximum Gasteiger partial charge on any atom is 0.255 e. The summed E-state index contributed by atoms with van der Waals surface area (Å²) >= 11 is 6.11. The molecule has 184 valence electrons. The van der Waals surface area contributed by atoms with E-state index in [2.05, 4.69) is 29.6 Å². The van der Waals surface area contributed by atoms with E-state index >= 15 is 0 Å². The van der Waals surface area contributed by atoms with Crippen LogP contribution in [0.15, 0.2) is 36.7 Å². The van der Waals surface area contributed by atoms with Gasteiger partial charge in [-0.05, 0) is 49.4 Å². The van der Waals surface area contributed by atoms with E-state index in [0.29, 0.717) is 54.6 Å². The molecule has 0 fully saturated rings. The van der Waals surface area contributed by atoms with Crippen molar-refractivity contribution in [1.82, 2.24) is 25.3 Å². The van der Waals surface area contributed by atoms with Gasteiger partial charge >= 0.3 is 0 Å². The molecule has 1 aromatic carbocycles. The second-order valence-electron chi connectivity index (χ2n) is 8.83. The highest BCUT2D eigenvalue weighted by Crippen LogP contribution is 2.23. The van der Waals surface area contributed by atoms with E-state index in [4.69, 9.17) is 16.3 Å². The number of benzene rings is 1. The maximum atomic E-state index is 12.9. The minimum Gasteiger partial charge on any atom is -0.491 e. The zero-order valence-corrected chi connectivity index (χ0v) is 20.4. The molecule has 0 unspecified atom stereocenters. The van der Waals surface area contributed by atoms with Gasteiger partial charge in [-0.3, -0.25) is 19.1 Å². The van der Waals surface area contributed by atoms with Gasteiger partial charge in [0.15, 0.2) is 0 Å². The highest BCUT2D eigenvalue weighted by molar-refractivity contribution is 6.31. The average Bonchev–Trinajstić information content (AvgIpc) is 3.28. The first-order valence-electron chi connectivity index (χ1n) is 11.6. The summed E-state index contributed by atoms with van der Waals surface area (Å²) in [5.74, 6) is 0.00938. The lowest BCUT2D eigenvalue weighted by Crippen LogP contribution is -2.47. The Balaban J connectivity index is 1.78. The number of rotatable bonds is 4. The van der Waals surface area contributed by atoms with Crippen molar-refractivity contribution in [2.45, 2.75) is 45.7 Å². The Morgan fingerprint density at radius 1 is 1.29 bits per heavy atom. The minimum absolute atomic E-state index is 0.0484. The van der Waals surface area contributed by atoms with Crippen LogP contribution in [0, 0.1) is 5.92 Å². The predicted octanol–water partition coefficient (Wildman–Crippen LogP) is 2.50. The summed E-state index contributed by atoms with van der Waals surface area (Å²) in [6, 6.07) is 6.37. The van der Waals surface area contributed by atoms with Crippen molar-refractivity contribution in [2.75, 3.05) is 26.2 Å². The summed E-state index contributed by atoms with van der Waals surface area (Å²) in [7, 11) is 0. The van der Waals surface area contributed by atoms with Gasteiger partial charge in [-0.15, -0.1) is 0 Å². The number of aromatic nitrogens is 2. The first kappa shape index (κ1) is 25.6. The average molecular weight is 490 g/mol. The molecule has 1 atom stereocenters. The van der Waals surface area contributed by atoms with Gasteiger partial charge < -0.3 is 20.3 Å². The van der Waals surface area contributed by atoms with E-state index < -0.39 is 0 Å². The van der Waals surface area contributed by atoms with Crippen LogP contribution < -0.4 is 15.4 Å². The Bertz CT molecular complexity index is 980. The molecule has 0 aliphatic carbocycles. The van der Waals surface area contributed by atoms with Gasteiger partial charge in [0, 0.05) is 30.5 Å². The molecule has 1 aromatic heterocycles. The number of ether oxygens (including phenoxy) is 1. The minimum atomic E-state index is -0.285. The number of halogens is 1. The summed E-state index contributed by atoms with van der Waals surface area (Å²) < 4.78 is 7.50. The second kappa shape index (κ2) is 12.4. The molecular formula is C24H32ClN5O4. The van der Waals surface area contributed by atoms with Gasteiger partial charge in [0.1, 0.15) is 18.9 Å². The number of nitrogens with zero attached hydrogens (tertiary/aromatic N) is 3. The highest BCUT2D eigenvalue weighted by atomic mass is 35.5. The van der Waals surface area contributed by atoms with Gasteiger partial charge in [-0.2, -0.15) is 5.10 Å². The van der Waals surface area contributed by atoms with Gasteiger partial charge in [0.05, 0.1) is 18.2 Å². The fourth-order valence-electron chi connectivity index (χ4n) is 3.83. The Morgan fingerprint density at radius 2 is 2.12 bits per heavy atom. The fraction of sp³-hybridized carbons (Fsp3) is 0.500. The molecule has 3 rings (SSSR count). The Morgan fingerprint density at radius 3 is 2.85 bits per heavy atom. The van der Waals surface area contributed by atoms with Gasteiger partial charge in [0.2, 0.25) is 11.8 Å². The molecule has 9 nitrogen and oxygen atoms in total. The van der Waals surface area contributed by atoms with E-state index in [9.17, 15) is 14.4 Å². The van der Waals surface area contributed by atoms with Gasteiger partial charge in [-0.1, -0.05) is 25.4 Å². The van der Waals surface area contributed by atoms with Gasteiger partial charge in [-0.25, -0.2) is 0 Å². The first-order valence-corrected chi connectivity index (χ1v) is 11.9. The smallest absolute Gasteiger partial charge is 0.255 e. The molecule has 2 N–H and O–H groups in total. The number of carbonyl (C=O) groups excluding carboxylic acids is 3. The maximum absolute atomic E-state index is 12.9. The zero-order valence-electron chi connectivity index (χ0n) is 19.6. The SMILES string of the molecule is CC(C)C[C@@H]1COc2ccc(Cl)cc2C(=O)NCCCCN(C(=O)Cn2cccn2)CC(=O)N1. The summed E-state index contributed by atoms with van der Waals surface area (Å²) in [6.07, 6.45) is 5.28. The van der Waals surface area contributed by atoms with E-state index in [1.54, 1.807) is 41.6 Å². The van der Waals surface area contributed by atoms with Crippen LogP contribution in [0.4, 0.5) is 0 Å². The highest BCUT2D eigenvalue weighted by Gasteiger charge is 2.22. The van der Waals surface area contributed by atoms with Crippen molar-refractivity contribution >= 4 is 29.3 Å². The van der Waals surface area contributed by atoms with Crippen LogP contribution in [-0.4, -0.2) is 64.7 Å². The van der Waals surface area contributed by atoms with Crippen molar-refractivity contribution in [1.29, 1.82) is 0 Å². The summed E-state index contributed by atoms with van der Waals surface area (Å²) in [6.45, 7) is 5.14. The number of carbonyl (C=O) groups is 3. The summed E-state index contributed by atoms with van der Waals surface area (Å²) in [5.41, 5.74) is 0.355. The number of amides is 3. The number of hydrogen-bond acceptors (Lipinski definition) is 5. The Labute approximate surface area is 204 Å². The lowest BCUT2D eigenvalue weighted by molar-refractivity contribution is -0.137. The third-order valence-electron chi connectivity index (χ3n) is 5.43. The number of fused-ring (bicyclic) bond motifs is 1. The molecule has 0 saturated carbocycles. The topological polar surface area (TPSA) is 106 Å². The molecule has 2 heterocycles. The van der Waals surface area contributed by atoms with Crippen molar-refractivity contribution < 1.29 is 19.1 Å². The van der Waals surface area contributed by atoms with Crippen LogP contribution in [-0.2, 0) is 16.1 Å². The molecule has 0 radical (unpaired) electrons.